The molecule has 0 N–H and O–H groups in total. The Hall–Kier alpha value is -1.59. The van der Waals surface area contributed by atoms with Crippen LogP contribution in [0.4, 0.5) is 0 Å². The molecule has 0 aromatic rings. The molecule has 6 heteroatoms. The minimum Gasteiger partial charge on any atom is -0.462 e. The van der Waals surface area contributed by atoms with Gasteiger partial charge in [-0.15, -0.1) is 0 Å². The van der Waals surface area contributed by atoms with E-state index in [1.54, 1.807) is 0 Å². The summed E-state index contributed by atoms with van der Waals surface area (Å²) in [5, 5.41) is 0. The first-order valence-electron chi connectivity index (χ1n) is 23.8. The van der Waals surface area contributed by atoms with Crippen LogP contribution in [0.15, 0.2) is 0 Å². The number of ether oxygens (including phenoxy) is 3. The minimum absolute atomic E-state index is 0.0651. The second-order valence-corrected chi connectivity index (χ2v) is 17.1. The summed E-state index contributed by atoms with van der Waals surface area (Å²) in [6.07, 6.45) is 39.4. The maximum Gasteiger partial charge on any atom is 0.306 e. The van der Waals surface area contributed by atoms with Crippen molar-refractivity contribution in [2.24, 2.45) is 11.8 Å². The number of rotatable bonds is 42. The Bertz CT molecular complexity index is 826. The molecule has 0 aromatic carbocycles. The molecule has 320 valence electrons. The van der Waals surface area contributed by atoms with Crippen molar-refractivity contribution in [2.45, 2.75) is 265 Å². The van der Waals surface area contributed by atoms with Crippen molar-refractivity contribution < 1.29 is 28.6 Å². The molecular formula is C48H92O6. The van der Waals surface area contributed by atoms with Crippen molar-refractivity contribution in [3.63, 3.8) is 0 Å². The van der Waals surface area contributed by atoms with Crippen LogP contribution >= 0.6 is 0 Å². The minimum atomic E-state index is -0.761. The number of esters is 3. The Morgan fingerprint density at radius 1 is 0.389 bits per heavy atom. The Morgan fingerprint density at radius 3 is 1.06 bits per heavy atom. The Kier molecular flexibility index (Phi) is 39.8. The molecule has 0 aromatic heterocycles. The lowest BCUT2D eigenvalue weighted by atomic mass is 10.00. The van der Waals surface area contributed by atoms with Gasteiger partial charge < -0.3 is 14.2 Å². The summed E-state index contributed by atoms with van der Waals surface area (Å²) in [4.78, 5) is 37.7. The van der Waals surface area contributed by atoms with Crippen molar-refractivity contribution in [3.8, 4) is 0 Å². The maximum absolute atomic E-state index is 12.7. The standard InChI is InChI=1S/C48H92O6/c1-6-8-9-10-11-12-19-22-28-33-38-46(49)52-41-45(42-53-47(50)39-34-29-25-24-27-32-37-44(5)7-2)54-48(51)40-35-30-23-20-17-15-13-14-16-18-21-26-31-36-43(3)4/h43-45H,6-42H2,1-5H3/t44?,45-/m1/s1. The first-order valence-corrected chi connectivity index (χ1v) is 23.8. The van der Waals surface area contributed by atoms with Gasteiger partial charge in [0.1, 0.15) is 13.2 Å². The third-order valence-corrected chi connectivity index (χ3v) is 11.1. The molecule has 0 spiro atoms. The molecule has 54 heavy (non-hydrogen) atoms. The SMILES string of the molecule is CCCCCCCCCCCCC(=O)OC[C@H](COC(=O)CCCCCCCCC(C)CC)OC(=O)CCCCCCCCCCCCCCCC(C)C. The molecule has 0 rings (SSSR count). The molecule has 0 bridgehead atoms. The summed E-state index contributed by atoms with van der Waals surface area (Å²) >= 11 is 0. The largest absolute Gasteiger partial charge is 0.462 e. The molecule has 1 unspecified atom stereocenters. The molecule has 0 radical (unpaired) electrons. The highest BCUT2D eigenvalue weighted by Gasteiger charge is 2.19. The molecule has 0 saturated carbocycles. The zero-order valence-electron chi connectivity index (χ0n) is 36.8. The topological polar surface area (TPSA) is 78.9 Å². The van der Waals surface area contributed by atoms with Crippen LogP contribution in [0.2, 0.25) is 0 Å². The van der Waals surface area contributed by atoms with Crippen LogP contribution in [0, 0.1) is 11.8 Å². The van der Waals surface area contributed by atoms with E-state index in [1.807, 2.05) is 0 Å². The smallest absolute Gasteiger partial charge is 0.306 e. The number of hydrogen-bond donors (Lipinski definition) is 0. The molecule has 0 fully saturated rings. The van der Waals surface area contributed by atoms with E-state index < -0.39 is 6.10 Å². The second-order valence-electron chi connectivity index (χ2n) is 17.1. The van der Waals surface area contributed by atoms with Crippen LogP contribution in [0.1, 0.15) is 259 Å². The highest BCUT2D eigenvalue weighted by molar-refractivity contribution is 5.71. The molecule has 0 heterocycles. The summed E-state index contributed by atoms with van der Waals surface area (Å²) in [5.41, 5.74) is 0. The van der Waals surface area contributed by atoms with Crippen LogP contribution in [-0.2, 0) is 28.6 Å². The number of carbonyl (C=O) groups excluding carboxylic acids is 3. The van der Waals surface area contributed by atoms with Crippen molar-refractivity contribution in [1.82, 2.24) is 0 Å². The van der Waals surface area contributed by atoms with E-state index in [4.69, 9.17) is 14.2 Å². The average molecular weight is 765 g/mol. The first-order chi connectivity index (χ1) is 26.3. The van der Waals surface area contributed by atoms with Gasteiger partial charge in [-0.05, 0) is 31.1 Å². The Morgan fingerprint density at radius 2 is 0.704 bits per heavy atom. The van der Waals surface area contributed by atoms with Gasteiger partial charge >= 0.3 is 17.9 Å². The molecule has 0 aliphatic carbocycles. The van der Waals surface area contributed by atoms with Gasteiger partial charge in [-0.1, -0.05) is 221 Å². The fraction of sp³-hybridized carbons (Fsp3) is 0.938. The fourth-order valence-electron chi connectivity index (χ4n) is 7.07. The first kappa shape index (κ1) is 52.4. The highest BCUT2D eigenvalue weighted by Crippen LogP contribution is 2.17. The van der Waals surface area contributed by atoms with Crippen LogP contribution in [0.3, 0.4) is 0 Å². The fourth-order valence-corrected chi connectivity index (χ4v) is 7.07. The number of carbonyl (C=O) groups is 3. The number of unbranched alkanes of at least 4 members (excludes halogenated alkanes) is 26. The molecule has 0 aliphatic heterocycles. The van der Waals surface area contributed by atoms with E-state index in [-0.39, 0.29) is 31.1 Å². The zero-order valence-corrected chi connectivity index (χ0v) is 36.8. The molecule has 2 atom stereocenters. The maximum atomic E-state index is 12.7. The summed E-state index contributed by atoms with van der Waals surface area (Å²) < 4.78 is 16.7. The van der Waals surface area contributed by atoms with Gasteiger partial charge in [-0.3, -0.25) is 14.4 Å². The van der Waals surface area contributed by atoms with Gasteiger partial charge in [0.2, 0.25) is 0 Å². The lowest BCUT2D eigenvalue weighted by molar-refractivity contribution is -0.167. The normalized spacial score (nSPS) is 12.6. The third kappa shape index (κ3) is 40.1. The highest BCUT2D eigenvalue weighted by atomic mass is 16.6. The summed E-state index contributed by atoms with van der Waals surface area (Å²) in [6, 6.07) is 0. The second kappa shape index (κ2) is 41.1. The molecule has 6 nitrogen and oxygen atoms in total. The van der Waals surface area contributed by atoms with E-state index in [0.717, 1.165) is 69.6 Å². The van der Waals surface area contributed by atoms with E-state index >= 15 is 0 Å². The average Bonchev–Trinajstić information content (AvgIpc) is 3.15. The predicted molar refractivity (Wildman–Crippen MR) is 229 cm³/mol. The van der Waals surface area contributed by atoms with Gasteiger partial charge in [0.05, 0.1) is 0 Å². The number of hydrogen-bond acceptors (Lipinski definition) is 6. The zero-order chi connectivity index (χ0) is 39.7. The Labute approximate surface area is 336 Å². The van der Waals surface area contributed by atoms with E-state index in [2.05, 4.69) is 34.6 Å². The van der Waals surface area contributed by atoms with Gasteiger partial charge in [-0.25, -0.2) is 0 Å². The summed E-state index contributed by atoms with van der Waals surface area (Å²) in [6.45, 7) is 11.3. The lowest BCUT2D eigenvalue weighted by Crippen LogP contribution is -2.30. The van der Waals surface area contributed by atoms with Gasteiger partial charge in [0, 0.05) is 19.3 Å². The van der Waals surface area contributed by atoms with Crippen molar-refractivity contribution in [3.05, 3.63) is 0 Å². The monoisotopic (exact) mass is 765 g/mol. The third-order valence-electron chi connectivity index (χ3n) is 11.1. The van der Waals surface area contributed by atoms with Gasteiger partial charge in [0.25, 0.3) is 0 Å². The van der Waals surface area contributed by atoms with E-state index in [1.165, 1.54) is 148 Å². The van der Waals surface area contributed by atoms with Gasteiger partial charge in [-0.2, -0.15) is 0 Å². The van der Waals surface area contributed by atoms with Crippen molar-refractivity contribution in [1.29, 1.82) is 0 Å². The predicted octanol–water partition coefficient (Wildman–Crippen LogP) is 15.0. The lowest BCUT2D eigenvalue weighted by Gasteiger charge is -2.18. The molecule has 0 amide bonds. The van der Waals surface area contributed by atoms with Crippen LogP contribution in [-0.4, -0.2) is 37.2 Å². The van der Waals surface area contributed by atoms with E-state index in [0.29, 0.717) is 19.3 Å². The summed E-state index contributed by atoms with van der Waals surface area (Å²) in [7, 11) is 0. The molecular weight excluding hydrogens is 673 g/mol. The van der Waals surface area contributed by atoms with Crippen LogP contribution < -0.4 is 0 Å². The molecule has 0 saturated heterocycles. The quantitative estimate of drug-likeness (QED) is 0.0350. The summed E-state index contributed by atoms with van der Waals surface area (Å²) in [5.74, 6) is 0.794. The van der Waals surface area contributed by atoms with Gasteiger partial charge in [0.15, 0.2) is 6.10 Å². The van der Waals surface area contributed by atoms with Crippen molar-refractivity contribution >= 4 is 17.9 Å². The van der Waals surface area contributed by atoms with E-state index in [9.17, 15) is 14.4 Å². The van der Waals surface area contributed by atoms with Crippen LogP contribution in [0.25, 0.3) is 0 Å². The Balaban J connectivity index is 4.31. The molecule has 0 aliphatic rings. The van der Waals surface area contributed by atoms with Crippen LogP contribution in [0.5, 0.6) is 0 Å². The van der Waals surface area contributed by atoms with Crippen molar-refractivity contribution in [2.75, 3.05) is 13.2 Å².